The quantitative estimate of drug-likeness (QED) is 0.0598. The van der Waals surface area contributed by atoms with Crippen molar-refractivity contribution in [3.8, 4) is 33.4 Å². The van der Waals surface area contributed by atoms with E-state index >= 15 is 0 Å². The van der Waals surface area contributed by atoms with Crippen molar-refractivity contribution in [2.75, 3.05) is 0 Å². The summed E-state index contributed by atoms with van der Waals surface area (Å²) >= 11 is 0. The molecule has 0 aromatic heterocycles. The van der Waals surface area contributed by atoms with E-state index in [2.05, 4.69) is 202 Å². The first-order chi connectivity index (χ1) is 27.4. The van der Waals surface area contributed by atoms with E-state index in [0.717, 1.165) is 29.6 Å². The Morgan fingerprint density at radius 2 is 0.915 bits per heavy atom. The summed E-state index contributed by atoms with van der Waals surface area (Å²) in [6, 6.07) is 39.9. The molecule has 0 atom stereocenters. The van der Waals surface area contributed by atoms with Gasteiger partial charge >= 0.3 is 21.1 Å². The molecular formula is C58H76Pt. The Hall–Kier alpha value is -5.03. The fourth-order valence-electron chi connectivity index (χ4n) is 4.97. The van der Waals surface area contributed by atoms with E-state index in [1.807, 2.05) is 48.5 Å². The van der Waals surface area contributed by atoms with Gasteiger partial charge < -0.3 is 14.4 Å². The average Bonchev–Trinajstić information content (AvgIpc) is 3.26. The molecule has 0 unspecified atom stereocenters. The average molecular weight is 968 g/mol. The molecule has 1 heteroatoms. The molecule has 318 valence electrons. The summed E-state index contributed by atoms with van der Waals surface area (Å²) in [6.45, 7) is 50.7. The molecule has 0 amide bonds. The first-order valence-corrected chi connectivity index (χ1v) is 20.0. The normalized spacial score (nSPS) is 8.93. The fraction of sp³-hybridized carbons (Fsp3) is 0.207. The number of aryl methyl sites for hydroxylation is 3. The van der Waals surface area contributed by atoms with E-state index in [1.54, 1.807) is 6.08 Å². The van der Waals surface area contributed by atoms with Crippen LogP contribution in [-0.2, 0) is 33.9 Å². The molecule has 5 aromatic rings. The van der Waals surface area contributed by atoms with Crippen LogP contribution in [0.1, 0.15) is 88.8 Å². The Labute approximate surface area is 378 Å². The summed E-state index contributed by atoms with van der Waals surface area (Å²) in [4.78, 5) is 0. The molecule has 59 heavy (non-hydrogen) atoms. The third-order valence-electron chi connectivity index (χ3n) is 8.52. The Bertz CT molecular complexity index is 1920. The van der Waals surface area contributed by atoms with E-state index in [1.165, 1.54) is 66.8 Å². The molecule has 0 nitrogen and oxygen atoms in total. The van der Waals surface area contributed by atoms with Gasteiger partial charge in [-0.3, -0.25) is 0 Å². The van der Waals surface area contributed by atoms with Crippen LogP contribution < -0.4 is 0 Å². The molecule has 0 heterocycles. The van der Waals surface area contributed by atoms with E-state index < -0.39 is 0 Å². The molecule has 0 aliphatic rings. The van der Waals surface area contributed by atoms with Gasteiger partial charge in [0.25, 0.3) is 0 Å². The zero-order valence-corrected chi connectivity index (χ0v) is 41.0. The van der Waals surface area contributed by atoms with Crippen molar-refractivity contribution in [1.29, 1.82) is 0 Å². The van der Waals surface area contributed by atoms with Crippen molar-refractivity contribution in [3.05, 3.63) is 232 Å². The van der Waals surface area contributed by atoms with Crippen LogP contribution in [0.25, 0.3) is 45.5 Å². The van der Waals surface area contributed by atoms with Crippen molar-refractivity contribution >= 4 is 12.2 Å². The van der Waals surface area contributed by atoms with Gasteiger partial charge in [0.1, 0.15) is 0 Å². The molecular weight excluding hydrogens is 892 g/mol. The van der Waals surface area contributed by atoms with E-state index in [0.29, 0.717) is 0 Å². The summed E-state index contributed by atoms with van der Waals surface area (Å²) in [5.74, 6) is 0. The van der Waals surface area contributed by atoms with Gasteiger partial charge in [0.2, 0.25) is 0 Å². The van der Waals surface area contributed by atoms with Gasteiger partial charge in [0, 0.05) is 0 Å². The van der Waals surface area contributed by atoms with Crippen LogP contribution in [0.3, 0.4) is 0 Å². The summed E-state index contributed by atoms with van der Waals surface area (Å²) < 4.78 is 0. The van der Waals surface area contributed by atoms with Gasteiger partial charge in [0.15, 0.2) is 0 Å². The Morgan fingerprint density at radius 1 is 0.542 bits per heavy atom. The minimum Gasteiger partial charge on any atom is -0.358 e. The van der Waals surface area contributed by atoms with E-state index in [-0.39, 0.29) is 28.5 Å². The zero-order valence-electron chi connectivity index (χ0n) is 38.7. The molecule has 0 aliphatic heterocycles. The molecule has 0 saturated heterocycles. The van der Waals surface area contributed by atoms with Crippen molar-refractivity contribution in [1.82, 2.24) is 0 Å². The Kier molecular flexibility index (Phi) is 37.1. The van der Waals surface area contributed by atoms with Crippen molar-refractivity contribution in [2.24, 2.45) is 0 Å². The molecule has 0 aliphatic carbocycles. The molecule has 0 spiro atoms. The van der Waals surface area contributed by atoms with Gasteiger partial charge in [0.05, 0.1) is 0 Å². The third kappa shape index (κ3) is 22.6. The Morgan fingerprint density at radius 3 is 1.29 bits per heavy atom. The molecule has 5 rings (SSSR count). The first-order valence-electron chi connectivity index (χ1n) is 20.0. The monoisotopic (exact) mass is 968 g/mol. The van der Waals surface area contributed by atoms with Gasteiger partial charge in [-0.25, -0.2) is 0 Å². The van der Waals surface area contributed by atoms with Crippen LogP contribution in [0.15, 0.2) is 185 Å². The SMILES string of the molecule is C=C.C=C.C=C(C)C(=C)C.C=CC(=C)C.CC.CC.[CH2-]Cc1ccc(-c2ccc(-c3ccc(/C=C/c4ccc(-c5ccc(CC)cc5)cc4C)cc3)cc2C)cc1.[CH3-].[Pt+2]. The summed E-state index contributed by atoms with van der Waals surface area (Å²) in [5, 5.41) is 0. The van der Waals surface area contributed by atoms with Gasteiger partial charge in [-0.2, -0.15) is 6.42 Å². The standard InChI is InChI=1S/C38H35.C6H10.C5H8.2C2H6.2C2H4.CH3.Pt/c1-5-29-7-15-33(16-8-29)36-22-21-32(27(3)25-36)14-11-31-12-17-34(18-13-31)37-23-24-38(28(4)26-37)35-19-9-30(6-2)10-20-35;1-5(2)6(3)4;1-4-5(2)3;4*1-2;;/h7-26H,2,5-6H2,1,3-4H3;1,3H2,2,4H3;4H,1-2H2,3H3;2*1-2H3;2*1-2H2;1H3;/q-1;;;;;;;-1;+2/b14-11+;;;;;;;;. The molecule has 0 bridgehead atoms. The molecule has 0 radical (unpaired) electrons. The second-order valence-corrected chi connectivity index (χ2v) is 12.7. The van der Waals surface area contributed by atoms with Crippen LogP contribution in [-0.4, -0.2) is 0 Å². The molecule has 0 fully saturated rings. The first kappa shape index (κ1) is 60.6. The fourth-order valence-corrected chi connectivity index (χ4v) is 4.97. The molecule has 0 saturated carbocycles. The maximum absolute atomic E-state index is 3.97. The van der Waals surface area contributed by atoms with E-state index in [4.69, 9.17) is 0 Å². The number of hydrogen-bond donors (Lipinski definition) is 0. The number of allylic oxidation sites excluding steroid dienone is 4. The largest absolute Gasteiger partial charge is 2.00 e. The van der Waals surface area contributed by atoms with Gasteiger partial charge in [-0.1, -0.05) is 211 Å². The third-order valence-corrected chi connectivity index (χ3v) is 8.52. The van der Waals surface area contributed by atoms with Crippen molar-refractivity contribution in [2.45, 2.75) is 82.1 Å². The maximum Gasteiger partial charge on any atom is 2.00 e. The topological polar surface area (TPSA) is 0 Å². The van der Waals surface area contributed by atoms with Crippen LogP contribution >= 0.6 is 0 Å². The second kappa shape index (κ2) is 36.1. The van der Waals surface area contributed by atoms with Crippen LogP contribution in [0.4, 0.5) is 0 Å². The van der Waals surface area contributed by atoms with Crippen molar-refractivity contribution < 1.29 is 21.1 Å². The van der Waals surface area contributed by atoms with E-state index in [9.17, 15) is 0 Å². The predicted molar refractivity (Wildman–Crippen MR) is 272 cm³/mol. The summed E-state index contributed by atoms with van der Waals surface area (Å²) in [7, 11) is 0. The molecule has 5 aromatic carbocycles. The number of hydrogen-bond acceptors (Lipinski definition) is 0. The summed E-state index contributed by atoms with van der Waals surface area (Å²) in [5.41, 5.74) is 18.4. The van der Waals surface area contributed by atoms with Crippen LogP contribution in [0.2, 0.25) is 0 Å². The van der Waals surface area contributed by atoms with Gasteiger partial charge in [-0.15, -0.1) is 26.3 Å². The minimum atomic E-state index is 0. The number of benzene rings is 5. The second-order valence-electron chi connectivity index (χ2n) is 12.7. The van der Waals surface area contributed by atoms with Crippen LogP contribution in [0, 0.1) is 28.2 Å². The van der Waals surface area contributed by atoms with Gasteiger partial charge in [-0.05, 0) is 102 Å². The molecule has 0 N–H and O–H groups in total. The number of rotatable bonds is 9. The van der Waals surface area contributed by atoms with Crippen molar-refractivity contribution in [3.63, 3.8) is 0 Å². The minimum absolute atomic E-state index is 0. The Balaban J connectivity index is -0.000000616. The van der Waals surface area contributed by atoms with Crippen LogP contribution in [0.5, 0.6) is 0 Å². The maximum atomic E-state index is 3.97. The summed E-state index contributed by atoms with van der Waals surface area (Å²) in [6.07, 6.45) is 8.03. The smallest absolute Gasteiger partial charge is 0.358 e. The predicted octanol–water partition coefficient (Wildman–Crippen LogP) is 18.4. The zero-order chi connectivity index (χ0) is 43.9.